The highest BCUT2D eigenvalue weighted by molar-refractivity contribution is 9.10. The first kappa shape index (κ1) is 12.7. The average molecular weight is 299 g/mol. The third-order valence-electron chi connectivity index (χ3n) is 2.84. The number of hydrogen-bond acceptors (Lipinski definition) is 3. The second kappa shape index (κ2) is 6.26. The van der Waals surface area contributed by atoms with E-state index in [-0.39, 0.29) is 0 Å². The van der Waals surface area contributed by atoms with E-state index in [1.54, 1.807) is 0 Å². The molecular weight excluding hydrogens is 280 g/mol. The van der Waals surface area contributed by atoms with Crippen LogP contribution in [0.25, 0.3) is 0 Å². The van der Waals surface area contributed by atoms with Crippen molar-refractivity contribution in [1.82, 2.24) is 0 Å². The number of hydrogen-bond donors (Lipinski definition) is 2. The second-order valence-electron chi connectivity index (χ2n) is 4.53. The molecule has 3 nitrogen and oxygen atoms in total. The molecule has 0 saturated heterocycles. The van der Waals surface area contributed by atoms with Gasteiger partial charge in [0.05, 0.1) is 11.4 Å². The summed E-state index contributed by atoms with van der Waals surface area (Å²) in [5, 5.41) is 3.32. The van der Waals surface area contributed by atoms with Gasteiger partial charge in [0.2, 0.25) is 0 Å². The van der Waals surface area contributed by atoms with Gasteiger partial charge in [0.1, 0.15) is 0 Å². The van der Waals surface area contributed by atoms with Crippen molar-refractivity contribution in [2.75, 3.05) is 30.8 Å². The zero-order valence-corrected chi connectivity index (χ0v) is 11.5. The summed E-state index contributed by atoms with van der Waals surface area (Å²) in [6.45, 7) is 2.68. The van der Waals surface area contributed by atoms with E-state index in [0.717, 1.165) is 47.9 Å². The normalized spacial score (nSPS) is 14.9. The summed E-state index contributed by atoms with van der Waals surface area (Å²) >= 11 is 3.39. The molecule has 17 heavy (non-hydrogen) atoms. The number of nitrogens with two attached hydrogens (primary N) is 1. The van der Waals surface area contributed by atoms with Crippen LogP contribution in [0.2, 0.25) is 0 Å². The lowest BCUT2D eigenvalue weighted by molar-refractivity contribution is 0.124. The Kier molecular flexibility index (Phi) is 4.68. The summed E-state index contributed by atoms with van der Waals surface area (Å²) in [6, 6.07) is 5.89. The van der Waals surface area contributed by atoms with Gasteiger partial charge in [-0.25, -0.2) is 0 Å². The predicted octanol–water partition coefficient (Wildman–Crippen LogP) is 3.26. The first-order valence-electron chi connectivity index (χ1n) is 6.12. The molecule has 0 bridgehead atoms. The maximum absolute atomic E-state index is 5.89. The second-order valence-corrected chi connectivity index (χ2v) is 5.45. The van der Waals surface area contributed by atoms with Crippen LogP contribution >= 0.6 is 15.9 Å². The minimum absolute atomic E-state index is 0.776. The van der Waals surface area contributed by atoms with Crippen molar-refractivity contribution in [3.8, 4) is 0 Å². The minimum atomic E-state index is 0.776. The van der Waals surface area contributed by atoms with Gasteiger partial charge in [-0.1, -0.05) is 15.9 Å². The molecule has 0 aliphatic heterocycles. The van der Waals surface area contributed by atoms with Crippen molar-refractivity contribution < 1.29 is 4.74 Å². The maximum Gasteiger partial charge on any atom is 0.0574 e. The van der Waals surface area contributed by atoms with Gasteiger partial charge >= 0.3 is 0 Å². The van der Waals surface area contributed by atoms with Gasteiger partial charge in [-0.2, -0.15) is 0 Å². The number of rotatable bonds is 7. The van der Waals surface area contributed by atoms with Crippen molar-refractivity contribution in [2.24, 2.45) is 5.92 Å². The summed E-state index contributed by atoms with van der Waals surface area (Å²) < 4.78 is 6.57. The lowest BCUT2D eigenvalue weighted by Crippen LogP contribution is -2.08. The molecule has 0 amide bonds. The Balaban J connectivity index is 1.60. The van der Waals surface area contributed by atoms with E-state index < -0.39 is 0 Å². The fraction of sp³-hybridized carbons (Fsp3) is 0.538. The fourth-order valence-electron chi connectivity index (χ4n) is 1.63. The molecule has 1 fully saturated rings. The van der Waals surface area contributed by atoms with Crippen molar-refractivity contribution in [3.63, 3.8) is 0 Å². The monoisotopic (exact) mass is 298 g/mol. The Bertz CT molecular complexity index is 366. The van der Waals surface area contributed by atoms with Crippen molar-refractivity contribution in [3.05, 3.63) is 22.7 Å². The van der Waals surface area contributed by atoms with Gasteiger partial charge in [0, 0.05) is 24.2 Å². The number of anilines is 2. The van der Waals surface area contributed by atoms with Crippen LogP contribution in [0.5, 0.6) is 0 Å². The molecule has 0 aromatic heterocycles. The summed E-state index contributed by atoms with van der Waals surface area (Å²) in [6.07, 6.45) is 3.73. The van der Waals surface area contributed by atoms with Crippen molar-refractivity contribution >= 4 is 27.3 Å². The number of ether oxygens (including phenoxy) is 1. The molecule has 3 N–H and O–H groups in total. The van der Waals surface area contributed by atoms with Crippen LogP contribution in [0.1, 0.15) is 19.3 Å². The lowest BCUT2D eigenvalue weighted by atomic mass is 10.2. The number of nitrogen functional groups attached to an aromatic ring is 1. The molecule has 0 radical (unpaired) electrons. The molecule has 1 saturated carbocycles. The number of nitrogens with one attached hydrogen (secondary N) is 1. The largest absolute Gasteiger partial charge is 0.397 e. The molecule has 0 spiro atoms. The van der Waals surface area contributed by atoms with Gasteiger partial charge in [0.15, 0.2) is 0 Å². The third-order valence-corrected chi connectivity index (χ3v) is 3.34. The molecule has 2 rings (SSSR count). The summed E-state index contributed by atoms with van der Waals surface area (Å²) in [5.74, 6) is 0.852. The SMILES string of the molecule is Nc1cc(Br)ccc1NCCCOCC1CC1. The van der Waals surface area contributed by atoms with Crippen LogP contribution in [-0.2, 0) is 4.74 Å². The Morgan fingerprint density at radius 1 is 1.41 bits per heavy atom. The van der Waals surface area contributed by atoms with Crippen molar-refractivity contribution in [1.29, 1.82) is 0 Å². The first-order valence-corrected chi connectivity index (χ1v) is 6.91. The van der Waals surface area contributed by atoms with Gasteiger partial charge in [-0.15, -0.1) is 0 Å². The molecule has 0 heterocycles. The van der Waals surface area contributed by atoms with Gasteiger partial charge in [-0.3, -0.25) is 0 Å². The average Bonchev–Trinajstić information content (AvgIpc) is 3.09. The van der Waals surface area contributed by atoms with Gasteiger partial charge < -0.3 is 15.8 Å². The molecule has 0 unspecified atom stereocenters. The molecule has 1 aliphatic rings. The molecule has 0 atom stereocenters. The first-order chi connectivity index (χ1) is 8.25. The minimum Gasteiger partial charge on any atom is -0.397 e. The quantitative estimate of drug-likeness (QED) is 0.600. The smallest absolute Gasteiger partial charge is 0.0574 e. The Morgan fingerprint density at radius 3 is 2.94 bits per heavy atom. The predicted molar refractivity (Wildman–Crippen MR) is 75.2 cm³/mol. The maximum atomic E-state index is 5.89. The van der Waals surface area contributed by atoms with Crippen LogP contribution in [0, 0.1) is 5.92 Å². The molecule has 4 heteroatoms. The molecule has 1 aromatic rings. The van der Waals surface area contributed by atoms with Crippen LogP contribution in [0.3, 0.4) is 0 Å². The standard InChI is InChI=1S/C13H19BrN2O/c14-11-4-5-13(12(15)8-11)16-6-1-7-17-9-10-2-3-10/h4-5,8,10,16H,1-3,6-7,9,15H2. The zero-order chi connectivity index (χ0) is 12.1. The van der Waals surface area contributed by atoms with E-state index in [9.17, 15) is 0 Å². The van der Waals surface area contributed by atoms with E-state index in [1.165, 1.54) is 12.8 Å². The van der Waals surface area contributed by atoms with Crippen LogP contribution < -0.4 is 11.1 Å². The fourth-order valence-corrected chi connectivity index (χ4v) is 2.01. The third kappa shape index (κ3) is 4.56. The molecular formula is C13H19BrN2O. The van der Waals surface area contributed by atoms with Gasteiger partial charge in [0.25, 0.3) is 0 Å². The lowest BCUT2D eigenvalue weighted by Gasteiger charge is -2.09. The van der Waals surface area contributed by atoms with E-state index >= 15 is 0 Å². The summed E-state index contributed by atoms with van der Waals surface area (Å²) in [7, 11) is 0. The molecule has 1 aliphatic carbocycles. The van der Waals surface area contributed by atoms with E-state index in [0.29, 0.717) is 0 Å². The Labute approximate surface area is 111 Å². The Morgan fingerprint density at radius 2 is 2.24 bits per heavy atom. The topological polar surface area (TPSA) is 47.3 Å². The van der Waals surface area contributed by atoms with E-state index in [2.05, 4.69) is 21.2 Å². The highest BCUT2D eigenvalue weighted by atomic mass is 79.9. The number of benzene rings is 1. The van der Waals surface area contributed by atoms with Crippen LogP contribution in [0.4, 0.5) is 11.4 Å². The van der Waals surface area contributed by atoms with Crippen LogP contribution in [0.15, 0.2) is 22.7 Å². The summed E-state index contributed by atoms with van der Waals surface area (Å²) in [5.41, 5.74) is 7.66. The highest BCUT2D eigenvalue weighted by Crippen LogP contribution is 2.28. The van der Waals surface area contributed by atoms with E-state index in [1.807, 2.05) is 18.2 Å². The van der Waals surface area contributed by atoms with Gasteiger partial charge in [-0.05, 0) is 43.4 Å². The Hall–Kier alpha value is -0.740. The van der Waals surface area contributed by atoms with E-state index in [4.69, 9.17) is 10.5 Å². The van der Waals surface area contributed by atoms with Crippen LogP contribution in [-0.4, -0.2) is 19.8 Å². The molecule has 94 valence electrons. The zero-order valence-electron chi connectivity index (χ0n) is 9.92. The summed E-state index contributed by atoms with van der Waals surface area (Å²) in [4.78, 5) is 0. The highest BCUT2D eigenvalue weighted by Gasteiger charge is 2.20. The number of halogens is 1. The molecule has 1 aromatic carbocycles. The van der Waals surface area contributed by atoms with Crippen molar-refractivity contribution in [2.45, 2.75) is 19.3 Å².